The summed E-state index contributed by atoms with van der Waals surface area (Å²) in [7, 11) is 0. The van der Waals surface area contributed by atoms with Gasteiger partial charge in [-0.05, 0) is 42.7 Å². The Balaban J connectivity index is 2.50. The Labute approximate surface area is 76.8 Å². The molecular weight excluding hydrogens is 253 g/mol. The Morgan fingerprint density at radius 2 is 2.36 bits per heavy atom. The minimum atomic E-state index is -0.363. The van der Waals surface area contributed by atoms with E-state index in [4.69, 9.17) is 0 Å². The number of hydrogen-bond donors (Lipinski definition) is 1. The van der Waals surface area contributed by atoms with Crippen LogP contribution < -0.4 is 5.32 Å². The van der Waals surface area contributed by atoms with Crippen molar-refractivity contribution in [3.63, 3.8) is 0 Å². The van der Waals surface area contributed by atoms with E-state index in [1.54, 1.807) is 0 Å². The van der Waals surface area contributed by atoms with Crippen LogP contribution in [0.1, 0.15) is 20.3 Å². The third kappa shape index (κ3) is 3.14. The van der Waals surface area contributed by atoms with E-state index in [0.717, 1.165) is 6.42 Å². The lowest BCUT2D eigenvalue weighted by atomic mass is 10.1. The summed E-state index contributed by atoms with van der Waals surface area (Å²) < 4.78 is 2.31. The van der Waals surface area contributed by atoms with Gasteiger partial charge in [0, 0.05) is 6.20 Å². The van der Waals surface area contributed by atoms with Crippen LogP contribution in [-0.2, 0) is 0 Å². The van der Waals surface area contributed by atoms with Gasteiger partial charge in [0.1, 0.15) is 0 Å². The van der Waals surface area contributed by atoms with Gasteiger partial charge in [-0.3, -0.25) is 4.79 Å². The van der Waals surface area contributed by atoms with E-state index in [1.165, 1.54) is 5.57 Å². The van der Waals surface area contributed by atoms with Gasteiger partial charge in [0.15, 0.2) is 0 Å². The summed E-state index contributed by atoms with van der Waals surface area (Å²) in [5.41, 5.74) is 1.30. The molecule has 1 N–H and O–H groups in total. The first-order valence-corrected chi connectivity index (χ1v) is 5.97. The molecule has 11 heavy (non-hydrogen) atoms. The Hall–Kier alpha value is -0.190. The normalized spacial score (nSPS) is 17.4. The highest BCUT2D eigenvalue weighted by atomic mass is 127. The summed E-state index contributed by atoms with van der Waals surface area (Å²) in [6.45, 7) is 4.37. The maximum absolute atomic E-state index is 10.8. The van der Waals surface area contributed by atoms with Gasteiger partial charge in [-0.25, -0.2) is 0 Å². The first-order chi connectivity index (χ1) is 5.18. The van der Waals surface area contributed by atoms with Crippen LogP contribution in [-0.4, -0.2) is 7.93 Å². The maximum Gasteiger partial charge on any atom is 0.278 e. The van der Waals surface area contributed by atoms with Crippen LogP contribution in [0.15, 0.2) is 11.8 Å². The standard InChI is InChI=1S/C8H12INO/c1-6(2)3-7-4-9-8(11)10-5-7/h4-6H,3H2,1-2H3,(H,10,11). The zero-order chi connectivity index (χ0) is 8.27. The third-order valence-electron chi connectivity index (χ3n) is 1.31. The van der Waals surface area contributed by atoms with Crippen molar-refractivity contribution < 1.29 is 4.79 Å². The molecule has 0 bridgehead atoms. The van der Waals surface area contributed by atoms with Crippen molar-refractivity contribution in [1.82, 2.24) is 5.32 Å². The minimum Gasteiger partial charge on any atom is -0.324 e. The number of amides is 1. The number of allylic oxidation sites excluding steroid dienone is 1. The third-order valence-corrected chi connectivity index (χ3v) is 3.30. The highest BCUT2D eigenvalue weighted by Gasteiger charge is 2.04. The quantitative estimate of drug-likeness (QED) is 0.463. The van der Waals surface area contributed by atoms with Crippen molar-refractivity contribution in [2.75, 3.05) is 0 Å². The number of rotatable bonds is 2. The molecule has 0 aromatic carbocycles. The molecular formula is C8H12INO. The number of nitrogens with one attached hydrogen (secondary N) is 1. The second-order valence-corrected chi connectivity index (χ2v) is 5.18. The van der Waals surface area contributed by atoms with E-state index < -0.39 is 0 Å². The minimum absolute atomic E-state index is 0.205. The van der Waals surface area contributed by atoms with Crippen molar-refractivity contribution in [1.29, 1.82) is 0 Å². The Morgan fingerprint density at radius 1 is 1.64 bits per heavy atom. The Bertz CT molecular complexity index is 218. The molecule has 0 fully saturated rings. The van der Waals surface area contributed by atoms with Gasteiger partial charge in [-0.2, -0.15) is 0 Å². The Morgan fingerprint density at radius 3 is 2.82 bits per heavy atom. The Kier molecular flexibility index (Phi) is 3.23. The van der Waals surface area contributed by atoms with Crippen LogP contribution >= 0.6 is 20.7 Å². The molecule has 0 saturated heterocycles. The molecule has 1 aliphatic heterocycles. The number of halogens is 1. The molecule has 0 unspecified atom stereocenters. The van der Waals surface area contributed by atoms with Crippen LogP contribution in [0.3, 0.4) is 0 Å². The molecule has 2 nitrogen and oxygen atoms in total. The van der Waals surface area contributed by atoms with Crippen molar-refractivity contribution in [3.8, 4) is 0 Å². The van der Waals surface area contributed by atoms with Gasteiger partial charge >= 0.3 is 0 Å². The lowest BCUT2D eigenvalue weighted by Gasteiger charge is -2.08. The second-order valence-electron chi connectivity index (χ2n) is 2.95. The number of hydrogen-bond acceptors (Lipinski definition) is 1. The first-order valence-electron chi connectivity index (χ1n) is 3.64. The van der Waals surface area contributed by atoms with E-state index in [1.807, 2.05) is 6.20 Å². The molecule has 0 atom stereocenters. The van der Waals surface area contributed by atoms with Crippen LogP contribution in [0, 0.1) is 5.92 Å². The van der Waals surface area contributed by atoms with E-state index in [0.29, 0.717) is 5.92 Å². The first kappa shape index (κ1) is 8.90. The summed E-state index contributed by atoms with van der Waals surface area (Å²) in [6, 6.07) is 0. The number of carbonyl (C=O) groups excluding carboxylic acids is 1. The van der Waals surface area contributed by atoms with E-state index in [-0.39, 0.29) is 24.6 Å². The summed E-state index contributed by atoms with van der Waals surface area (Å²) >= 11 is -0.363. The molecule has 1 rings (SSSR count). The van der Waals surface area contributed by atoms with Gasteiger partial charge in [-0.1, -0.05) is 13.8 Å². The molecule has 0 spiro atoms. The van der Waals surface area contributed by atoms with Gasteiger partial charge < -0.3 is 5.32 Å². The van der Waals surface area contributed by atoms with E-state index in [2.05, 4.69) is 23.2 Å². The highest BCUT2D eigenvalue weighted by Crippen LogP contribution is 2.14. The summed E-state index contributed by atoms with van der Waals surface area (Å²) in [5.74, 6) is 0.677. The van der Waals surface area contributed by atoms with Crippen molar-refractivity contribution >= 4 is 28.7 Å². The molecule has 0 saturated carbocycles. The fourth-order valence-corrected chi connectivity index (χ4v) is 2.36. The zero-order valence-electron chi connectivity index (χ0n) is 6.73. The second kappa shape index (κ2) is 3.99. The molecule has 3 heteroatoms. The van der Waals surface area contributed by atoms with Crippen LogP contribution in [0.25, 0.3) is 0 Å². The van der Waals surface area contributed by atoms with E-state index in [9.17, 15) is 4.79 Å². The summed E-state index contributed by atoms with van der Waals surface area (Å²) in [6.07, 6.45) is 2.92. The molecule has 0 aromatic heterocycles. The van der Waals surface area contributed by atoms with Gasteiger partial charge in [-0.15, -0.1) is 0 Å². The lowest BCUT2D eigenvalue weighted by molar-refractivity contribution is 0.265. The fraction of sp³-hybridized carbons (Fsp3) is 0.500. The fourth-order valence-electron chi connectivity index (χ4n) is 0.907. The van der Waals surface area contributed by atoms with Gasteiger partial charge in [0.05, 0.1) is 0 Å². The molecule has 0 radical (unpaired) electrons. The van der Waals surface area contributed by atoms with Crippen LogP contribution in [0.2, 0.25) is 0 Å². The SMILES string of the molecule is CC(C)CC1=CNC(=O)I=C1. The topological polar surface area (TPSA) is 29.1 Å². The molecule has 1 heterocycles. The summed E-state index contributed by atoms with van der Waals surface area (Å²) in [4.78, 5) is 10.8. The summed E-state index contributed by atoms with van der Waals surface area (Å²) in [5, 5.41) is 2.75. The smallest absolute Gasteiger partial charge is 0.278 e. The predicted molar refractivity (Wildman–Crippen MR) is 56.2 cm³/mol. The van der Waals surface area contributed by atoms with Crippen molar-refractivity contribution in [2.24, 2.45) is 5.92 Å². The van der Waals surface area contributed by atoms with Crippen LogP contribution in [0.4, 0.5) is 4.79 Å². The van der Waals surface area contributed by atoms with Gasteiger partial charge in [0.25, 0.3) is 3.91 Å². The highest BCUT2D eigenvalue weighted by molar-refractivity contribution is 14.2. The van der Waals surface area contributed by atoms with Gasteiger partial charge in [0.2, 0.25) is 0 Å². The lowest BCUT2D eigenvalue weighted by Crippen LogP contribution is -2.13. The predicted octanol–water partition coefficient (Wildman–Crippen LogP) is 2.41. The number of carbonyl (C=O) groups is 1. The van der Waals surface area contributed by atoms with Crippen molar-refractivity contribution in [2.45, 2.75) is 20.3 Å². The maximum atomic E-state index is 10.8. The van der Waals surface area contributed by atoms with E-state index >= 15 is 0 Å². The average Bonchev–Trinajstić information content (AvgIpc) is 1.93. The molecule has 0 aromatic rings. The van der Waals surface area contributed by atoms with Crippen molar-refractivity contribution in [3.05, 3.63) is 11.8 Å². The molecule has 1 amide bonds. The molecule has 0 aliphatic carbocycles. The van der Waals surface area contributed by atoms with Crippen LogP contribution in [0.5, 0.6) is 0 Å². The largest absolute Gasteiger partial charge is 0.324 e. The molecule has 62 valence electrons. The monoisotopic (exact) mass is 265 g/mol. The zero-order valence-corrected chi connectivity index (χ0v) is 8.88. The average molecular weight is 265 g/mol. The molecule has 1 aliphatic rings.